The molecule has 1 aromatic heterocycles. The summed E-state index contributed by atoms with van der Waals surface area (Å²) in [5.74, 6) is 0.378. The van der Waals surface area contributed by atoms with E-state index in [1.807, 2.05) is 42.5 Å². The number of aromatic nitrogens is 2. The summed E-state index contributed by atoms with van der Waals surface area (Å²) in [5.41, 5.74) is 1.53. The third-order valence-corrected chi connectivity index (χ3v) is 7.01. The lowest BCUT2D eigenvalue weighted by Crippen LogP contribution is -2.52. The first-order chi connectivity index (χ1) is 14.6. The minimum atomic E-state index is -0.523. The van der Waals surface area contributed by atoms with E-state index in [2.05, 4.69) is 14.9 Å². The fourth-order valence-corrected chi connectivity index (χ4v) is 5.75. The van der Waals surface area contributed by atoms with Gasteiger partial charge in [0, 0.05) is 30.6 Å². The number of aliphatic hydroxyl groups is 1. The molecule has 2 fully saturated rings. The van der Waals surface area contributed by atoms with E-state index in [4.69, 9.17) is 11.6 Å². The van der Waals surface area contributed by atoms with Gasteiger partial charge in [-0.2, -0.15) is 0 Å². The molecule has 0 radical (unpaired) electrons. The summed E-state index contributed by atoms with van der Waals surface area (Å²) in [6.45, 7) is 0.115. The van der Waals surface area contributed by atoms with E-state index in [-0.39, 0.29) is 23.6 Å². The zero-order valence-corrected chi connectivity index (χ0v) is 17.3. The van der Waals surface area contributed by atoms with Crippen molar-refractivity contribution in [2.24, 2.45) is 5.92 Å². The quantitative estimate of drug-likeness (QED) is 0.626. The van der Waals surface area contributed by atoms with Crippen LogP contribution in [-0.4, -0.2) is 27.7 Å². The van der Waals surface area contributed by atoms with E-state index in [9.17, 15) is 5.11 Å². The summed E-state index contributed by atoms with van der Waals surface area (Å²) in [4.78, 5) is 11.2. The van der Waals surface area contributed by atoms with Gasteiger partial charge >= 0.3 is 0 Å². The van der Waals surface area contributed by atoms with Gasteiger partial charge in [-0.05, 0) is 48.8 Å². The fraction of sp³-hybridized carbons (Fsp3) is 0.333. The molecule has 2 aliphatic rings. The summed E-state index contributed by atoms with van der Waals surface area (Å²) < 4.78 is 15.5. The highest BCUT2D eigenvalue weighted by Crippen LogP contribution is 2.55. The highest BCUT2D eigenvalue weighted by atomic mass is 35.5. The Kier molecular flexibility index (Phi) is 4.95. The van der Waals surface area contributed by atoms with Gasteiger partial charge in [0.2, 0.25) is 5.95 Å². The molecule has 2 aliphatic heterocycles. The van der Waals surface area contributed by atoms with Gasteiger partial charge in [-0.1, -0.05) is 54.1 Å². The SMILES string of the molecule is OCC1CC2CCC(c3ccc(-c4ccccc4)c(F)c3Cl)(C1)N2c1ncccn1. The molecular weight excluding hydrogens is 401 g/mol. The Balaban J connectivity index is 1.65. The molecule has 1 N–H and O–H groups in total. The minimum absolute atomic E-state index is 0.115. The summed E-state index contributed by atoms with van der Waals surface area (Å²) >= 11 is 6.71. The van der Waals surface area contributed by atoms with E-state index in [1.54, 1.807) is 18.5 Å². The van der Waals surface area contributed by atoms with Crippen molar-refractivity contribution >= 4 is 17.5 Å². The Bertz CT molecular complexity index is 1050. The molecule has 6 heteroatoms. The zero-order chi connectivity index (χ0) is 20.7. The van der Waals surface area contributed by atoms with E-state index >= 15 is 4.39 Å². The number of piperidine rings is 1. The molecule has 0 saturated carbocycles. The van der Waals surface area contributed by atoms with E-state index in [0.717, 1.165) is 30.4 Å². The van der Waals surface area contributed by atoms with Gasteiger partial charge in [0.25, 0.3) is 0 Å². The average molecular weight is 424 g/mol. The van der Waals surface area contributed by atoms with Crippen LogP contribution in [-0.2, 0) is 5.54 Å². The first-order valence-electron chi connectivity index (χ1n) is 10.3. The zero-order valence-electron chi connectivity index (χ0n) is 16.5. The number of nitrogens with zero attached hydrogens (tertiary/aromatic N) is 3. The van der Waals surface area contributed by atoms with Crippen molar-refractivity contribution in [1.82, 2.24) is 9.97 Å². The van der Waals surface area contributed by atoms with Gasteiger partial charge in [-0.25, -0.2) is 14.4 Å². The maximum absolute atomic E-state index is 15.5. The van der Waals surface area contributed by atoms with Gasteiger partial charge in [0.1, 0.15) is 5.82 Å². The maximum Gasteiger partial charge on any atom is 0.226 e. The summed E-state index contributed by atoms with van der Waals surface area (Å²) in [7, 11) is 0. The van der Waals surface area contributed by atoms with Gasteiger partial charge < -0.3 is 10.0 Å². The molecule has 3 atom stereocenters. The fourth-order valence-electron chi connectivity index (χ4n) is 5.41. The van der Waals surface area contributed by atoms with Crippen LogP contribution < -0.4 is 4.90 Å². The largest absolute Gasteiger partial charge is 0.396 e. The van der Waals surface area contributed by atoms with Crippen molar-refractivity contribution in [3.8, 4) is 11.1 Å². The number of hydrogen-bond acceptors (Lipinski definition) is 4. The van der Waals surface area contributed by atoms with Crippen LogP contribution >= 0.6 is 11.6 Å². The number of benzene rings is 2. The molecule has 3 heterocycles. The molecule has 2 saturated heterocycles. The summed E-state index contributed by atoms with van der Waals surface area (Å²) in [5, 5.41) is 10.1. The molecule has 30 heavy (non-hydrogen) atoms. The van der Waals surface area contributed by atoms with Crippen LogP contribution in [0.3, 0.4) is 0 Å². The lowest BCUT2D eigenvalue weighted by Gasteiger charge is -2.48. The Morgan fingerprint density at radius 3 is 2.60 bits per heavy atom. The van der Waals surface area contributed by atoms with Crippen LogP contribution in [0.2, 0.25) is 5.02 Å². The normalized spacial score (nSPS) is 25.5. The molecular formula is C24H23ClFN3O. The topological polar surface area (TPSA) is 49.2 Å². The van der Waals surface area contributed by atoms with Crippen LogP contribution in [0.5, 0.6) is 0 Å². The predicted octanol–water partition coefficient (Wildman–Crippen LogP) is 5.20. The molecule has 3 unspecified atom stereocenters. The van der Waals surface area contributed by atoms with Crippen molar-refractivity contribution in [2.45, 2.75) is 37.3 Å². The second kappa shape index (κ2) is 7.64. The Labute approximate surface area is 180 Å². The smallest absolute Gasteiger partial charge is 0.226 e. The number of rotatable bonds is 4. The number of hydrogen-bond donors (Lipinski definition) is 1. The molecule has 0 spiro atoms. The van der Waals surface area contributed by atoms with Crippen molar-refractivity contribution in [1.29, 1.82) is 0 Å². The molecule has 3 aromatic rings. The first kappa shape index (κ1) is 19.5. The minimum Gasteiger partial charge on any atom is -0.396 e. The van der Waals surface area contributed by atoms with Gasteiger partial charge in [0.15, 0.2) is 0 Å². The molecule has 154 valence electrons. The van der Waals surface area contributed by atoms with Gasteiger partial charge in [-0.15, -0.1) is 0 Å². The van der Waals surface area contributed by atoms with E-state index in [0.29, 0.717) is 17.9 Å². The van der Waals surface area contributed by atoms with Crippen LogP contribution in [0.15, 0.2) is 60.9 Å². The Morgan fingerprint density at radius 1 is 1.10 bits per heavy atom. The Hall–Kier alpha value is -2.50. The van der Waals surface area contributed by atoms with Crippen molar-refractivity contribution in [2.75, 3.05) is 11.5 Å². The molecule has 5 rings (SSSR count). The van der Waals surface area contributed by atoms with Crippen LogP contribution in [0.4, 0.5) is 10.3 Å². The average Bonchev–Trinajstić information content (AvgIpc) is 3.03. The molecule has 0 amide bonds. The van der Waals surface area contributed by atoms with Crippen molar-refractivity contribution < 1.29 is 9.50 Å². The third-order valence-electron chi connectivity index (χ3n) is 6.64. The second-order valence-electron chi connectivity index (χ2n) is 8.29. The van der Waals surface area contributed by atoms with E-state index in [1.165, 1.54) is 0 Å². The third kappa shape index (κ3) is 2.99. The van der Waals surface area contributed by atoms with E-state index < -0.39 is 11.4 Å². The number of anilines is 1. The van der Waals surface area contributed by atoms with Crippen LogP contribution in [0.25, 0.3) is 11.1 Å². The van der Waals surface area contributed by atoms with Crippen LogP contribution in [0.1, 0.15) is 31.2 Å². The monoisotopic (exact) mass is 423 g/mol. The maximum atomic E-state index is 15.5. The van der Waals surface area contributed by atoms with Gasteiger partial charge in [0.05, 0.1) is 10.6 Å². The first-order valence-corrected chi connectivity index (χ1v) is 10.7. The lowest BCUT2D eigenvalue weighted by molar-refractivity contribution is 0.156. The van der Waals surface area contributed by atoms with Crippen molar-refractivity contribution in [3.63, 3.8) is 0 Å². The molecule has 2 aromatic carbocycles. The number of fused-ring (bicyclic) bond motifs is 2. The lowest BCUT2D eigenvalue weighted by atomic mass is 9.76. The highest BCUT2D eigenvalue weighted by Gasteiger charge is 2.54. The van der Waals surface area contributed by atoms with Crippen molar-refractivity contribution in [3.05, 3.63) is 77.3 Å². The second-order valence-corrected chi connectivity index (χ2v) is 8.66. The predicted molar refractivity (Wildman–Crippen MR) is 116 cm³/mol. The van der Waals surface area contributed by atoms with Gasteiger partial charge in [-0.3, -0.25) is 0 Å². The number of halogens is 2. The molecule has 2 bridgehead atoms. The number of aliphatic hydroxyl groups excluding tert-OH is 1. The standard InChI is InChI=1S/C24H23ClFN3O/c25-21-20(8-7-19(22(21)26)17-5-2-1-3-6-17)24-10-9-18(13-16(14-24)15-30)29(24)23-27-11-4-12-28-23/h1-8,11-12,16,18,30H,9-10,13-15H2. The summed E-state index contributed by atoms with van der Waals surface area (Å²) in [6.07, 6.45) is 6.80. The van der Waals surface area contributed by atoms with Crippen LogP contribution in [0, 0.1) is 11.7 Å². The Morgan fingerprint density at radius 2 is 1.87 bits per heavy atom. The highest BCUT2D eigenvalue weighted by molar-refractivity contribution is 6.32. The molecule has 4 nitrogen and oxygen atoms in total. The molecule has 0 aliphatic carbocycles. The summed E-state index contributed by atoms with van der Waals surface area (Å²) in [6, 6.07) is 15.2.